The highest BCUT2D eigenvalue weighted by Gasteiger charge is 2.21. The number of likely N-dealkylation sites (N-methyl/N-ethyl adjacent to an activating group) is 1. The average Bonchev–Trinajstić information content (AvgIpc) is 3.32. The number of carbonyl (C=O) groups excluding carboxylic acids is 2. The molecular formula is C23H25FN4O2S. The van der Waals surface area contributed by atoms with Gasteiger partial charge >= 0.3 is 0 Å². The summed E-state index contributed by atoms with van der Waals surface area (Å²) in [5.41, 5.74) is 1.76. The molecule has 0 fully saturated rings. The number of halogens is 1. The van der Waals surface area contributed by atoms with Crippen LogP contribution in [0, 0.1) is 5.82 Å². The largest absolute Gasteiger partial charge is 0.351 e. The van der Waals surface area contributed by atoms with E-state index < -0.39 is 0 Å². The molecule has 3 aromatic rings. The molecule has 2 N–H and O–H groups in total. The Bertz CT molecular complexity index is 965. The molecule has 0 aliphatic carbocycles. The number of nitrogens with one attached hydrogen (secondary N) is 2. The van der Waals surface area contributed by atoms with Crippen molar-refractivity contribution in [3.8, 4) is 0 Å². The first kappa shape index (κ1) is 22.6. The standard InChI is InChI=1S/C23H25FN4O2S/c1-2-28(15-20(29)26-14-17-8-10-19(24)11-9-17)16-21(30)27-22(23-25-12-13-31-23)18-6-4-3-5-7-18/h3-13,22H,2,14-16H2,1H3,(H,26,29)(H,27,30). The molecule has 6 nitrogen and oxygen atoms in total. The fourth-order valence-electron chi connectivity index (χ4n) is 3.06. The van der Waals surface area contributed by atoms with Crippen LogP contribution in [0.4, 0.5) is 4.39 Å². The van der Waals surface area contributed by atoms with E-state index in [0.717, 1.165) is 16.1 Å². The Morgan fingerprint density at radius 3 is 2.42 bits per heavy atom. The van der Waals surface area contributed by atoms with Gasteiger partial charge in [-0.15, -0.1) is 11.3 Å². The van der Waals surface area contributed by atoms with Gasteiger partial charge in [0.15, 0.2) is 0 Å². The van der Waals surface area contributed by atoms with Gasteiger partial charge in [-0.05, 0) is 29.8 Å². The van der Waals surface area contributed by atoms with E-state index in [4.69, 9.17) is 0 Å². The zero-order chi connectivity index (χ0) is 22.1. The molecule has 1 aromatic heterocycles. The molecule has 0 aliphatic heterocycles. The van der Waals surface area contributed by atoms with Gasteiger partial charge in [0.1, 0.15) is 16.9 Å². The Kier molecular flexibility index (Phi) is 8.26. The SMILES string of the molecule is CCN(CC(=O)NCc1ccc(F)cc1)CC(=O)NC(c1ccccc1)c1nccs1. The van der Waals surface area contributed by atoms with Crippen molar-refractivity contribution in [1.29, 1.82) is 0 Å². The van der Waals surface area contributed by atoms with Crippen molar-refractivity contribution in [1.82, 2.24) is 20.5 Å². The summed E-state index contributed by atoms with van der Waals surface area (Å²) in [5, 5.41) is 8.52. The molecule has 2 aromatic carbocycles. The van der Waals surface area contributed by atoms with E-state index in [1.54, 1.807) is 23.2 Å². The van der Waals surface area contributed by atoms with E-state index in [2.05, 4.69) is 15.6 Å². The van der Waals surface area contributed by atoms with Gasteiger partial charge in [-0.1, -0.05) is 49.4 Å². The third kappa shape index (κ3) is 6.97. The highest BCUT2D eigenvalue weighted by atomic mass is 32.1. The molecule has 0 saturated heterocycles. The summed E-state index contributed by atoms with van der Waals surface area (Å²) in [4.78, 5) is 31.2. The second-order valence-electron chi connectivity index (χ2n) is 6.99. The van der Waals surface area contributed by atoms with E-state index >= 15 is 0 Å². The number of carbonyl (C=O) groups is 2. The Morgan fingerprint density at radius 2 is 1.77 bits per heavy atom. The summed E-state index contributed by atoms with van der Waals surface area (Å²) in [6.07, 6.45) is 1.71. The number of hydrogen-bond acceptors (Lipinski definition) is 5. The molecule has 31 heavy (non-hydrogen) atoms. The second kappa shape index (κ2) is 11.3. The number of benzene rings is 2. The van der Waals surface area contributed by atoms with Gasteiger partial charge < -0.3 is 10.6 Å². The van der Waals surface area contributed by atoms with Gasteiger partial charge in [-0.2, -0.15) is 0 Å². The molecule has 8 heteroatoms. The van der Waals surface area contributed by atoms with Crippen LogP contribution in [0.3, 0.4) is 0 Å². The van der Waals surface area contributed by atoms with Gasteiger partial charge in [-0.25, -0.2) is 9.37 Å². The van der Waals surface area contributed by atoms with Crippen LogP contribution in [0.1, 0.15) is 29.1 Å². The Morgan fingerprint density at radius 1 is 1.06 bits per heavy atom. The minimum Gasteiger partial charge on any atom is -0.351 e. The van der Waals surface area contributed by atoms with E-state index in [1.165, 1.54) is 23.5 Å². The van der Waals surface area contributed by atoms with Crippen molar-refractivity contribution in [2.24, 2.45) is 0 Å². The number of nitrogens with zero attached hydrogens (tertiary/aromatic N) is 2. The second-order valence-corrected chi connectivity index (χ2v) is 7.91. The molecule has 162 valence electrons. The quantitative estimate of drug-likeness (QED) is 0.508. The summed E-state index contributed by atoms with van der Waals surface area (Å²) in [6.45, 7) is 2.94. The van der Waals surface area contributed by atoms with Crippen LogP contribution in [-0.4, -0.2) is 41.3 Å². The van der Waals surface area contributed by atoms with Crippen LogP contribution in [0.2, 0.25) is 0 Å². The molecule has 3 rings (SSSR count). The maximum atomic E-state index is 13.0. The van der Waals surface area contributed by atoms with Crippen molar-refractivity contribution in [3.05, 3.63) is 88.1 Å². The van der Waals surface area contributed by atoms with Crippen LogP contribution in [0.25, 0.3) is 0 Å². The van der Waals surface area contributed by atoms with Crippen molar-refractivity contribution in [2.75, 3.05) is 19.6 Å². The predicted octanol–water partition coefficient (Wildman–Crippen LogP) is 3.13. The minimum atomic E-state index is -0.334. The summed E-state index contributed by atoms with van der Waals surface area (Å²) >= 11 is 1.48. The topological polar surface area (TPSA) is 74.3 Å². The zero-order valence-corrected chi connectivity index (χ0v) is 18.1. The molecule has 2 amide bonds. The van der Waals surface area contributed by atoms with Gasteiger partial charge in [-0.3, -0.25) is 14.5 Å². The fraction of sp³-hybridized carbons (Fsp3) is 0.261. The summed E-state index contributed by atoms with van der Waals surface area (Å²) in [5.74, 6) is -0.694. The van der Waals surface area contributed by atoms with Gasteiger partial charge in [0.05, 0.1) is 13.1 Å². The van der Waals surface area contributed by atoms with Crippen molar-refractivity contribution >= 4 is 23.2 Å². The minimum absolute atomic E-state index is 0.0924. The van der Waals surface area contributed by atoms with E-state index in [0.29, 0.717) is 13.1 Å². The average molecular weight is 441 g/mol. The first-order valence-corrected chi connectivity index (χ1v) is 10.9. The van der Waals surface area contributed by atoms with E-state index in [-0.39, 0.29) is 36.8 Å². The Balaban J connectivity index is 1.54. The third-order valence-electron chi connectivity index (χ3n) is 4.72. The molecular weight excluding hydrogens is 415 g/mol. The maximum Gasteiger partial charge on any atom is 0.235 e. The van der Waals surface area contributed by atoms with Crippen LogP contribution >= 0.6 is 11.3 Å². The van der Waals surface area contributed by atoms with Gasteiger partial charge in [0, 0.05) is 18.1 Å². The van der Waals surface area contributed by atoms with Crippen molar-refractivity contribution in [3.63, 3.8) is 0 Å². The highest BCUT2D eigenvalue weighted by molar-refractivity contribution is 7.09. The number of thiazole rings is 1. The number of amides is 2. The number of aromatic nitrogens is 1. The lowest BCUT2D eigenvalue weighted by Crippen LogP contribution is -2.43. The first-order chi connectivity index (χ1) is 15.0. The molecule has 1 atom stereocenters. The van der Waals surface area contributed by atoms with Crippen LogP contribution < -0.4 is 10.6 Å². The fourth-order valence-corrected chi connectivity index (χ4v) is 3.78. The maximum absolute atomic E-state index is 13.0. The predicted molar refractivity (Wildman–Crippen MR) is 119 cm³/mol. The molecule has 0 saturated carbocycles. The molecule has 0 radical (unpaired) electrons. The third-order valence-corrected chi connectivity index (χ3v) is 5.56. The number of hydrogen-bond donors (Lipinski definition) is 2. The van der Waals surface area contributed by atoms with Gasteiger partial charge in [0.2, 0.25) is 11.8 Å². The summed E-state index contributed by atoms with van der Waals surface area (Å²) < 4.78 is 13.0. The van der Waals surface area contributed by atoms with Gasteiger partial charge in [0.25, 0.3) is 0 Å². The van der Waals surface area contributed by atoms with Crippen molar-refractivity contribution < 1.29 is 14.0 Å². The molecule has 1 heterocycles. The lowest BCUT2D eigenvalue weighted by molar-refractivity contribution is -0.125. The van der Waals surface area contributed by atoms with Crippen LogP contribution in [-0.2, 0) is 16.1 Å². The Hall–Kier alpha value is -3.10. The lowest BCUT2D eigenvalue weighted by Gasteiger charge is -2.22. The molecule has 0 spiro atoms. The van der Waals surface area contributed by atoms with E-state index in [1.807, 2.05) is 42.6 Å². The zero-order valence-electron chi connectivity index (χ0n) is 17.3. The molecule has 1 unspecified atom stereocenters. The van der Waals surface area contributed by atoms with Crippen molar-refractivity contribution in [2.45, 2.75) is 19.5 Å². The first-order valence-electron chi connectivity index (χ1n) is 10.0. The molecule has 0 bridgehead atoms. The lowest BCUT2D eigenvalue weighted by atomic mass is 10.1. The summed E-state index contributed by atoms with van der Waals surface area (Å²) in [7, 11) is 0. The normalized spacial score (nSPS) is 11.8. The summed E-state index contributed by atoms with van der Waals surface area (Å²) in [6, 6.07) is 15.3. The van der Waals surface area contributed by atoms with Crippen LogP contribution in [0.5, 0.6) is 0 Å². The smallest absolute Gasteiger partial charge is 0.235 e. The molecule has 0 aliphatic rings. The highest BCUT2D eigenvalue weighted by Crippen LogP contribution is 2.23. The monoisotopic (exact) mass is 440 g/mol. The van der Waals surface area contributed by atoms with E-state index in [9.17, 15) is 14.0 Å². The number of rotatable bonds is 10. The Labute approximate surface area is 185 Å². The van der Waals surface area contributed by atoms with Crippen LogP contribution in [0.15, 0.2) is 66.2 Å².